The number of rotatable bonds is 35. The molecule has 0 unspecified atom stereocenters. The Morgan fingerprint density at radius 3 is 0.810 bits per heavy atom. The van der Waals surface area contributed by atoms with Gasteiger partial charge in [0, 0.05) is 54.5 Å². The minimum atomic E-state index is 0.110. The molecule has 0 spiro atoms. The van der Waals surface area contributed by atoms with Crippen molar-refractivity contribution in [2.24, 2.45) is 0 Å². The van der Waals surface area contributed by atoms with Crippen molar-refractivity contribution < 1.29 is 9.59 Å². The van der Waals surface area contributed by atoms with Crippen molar-refractivity contribution >= 4 is 53.4 Å². The van der Waals surface area contributed by atoms with E-state index >= 15 is 0 Å². The average Bonchev–Trinajstić information content (AvgIpc) is 2.99. The third kappa shape index (κ3) is 36.5. The Morgan fingerprint density at radius 2 is 0.571 bits per heavy atom. The van der Waals surface area contributed by atoms with Crippen LogP contribution in [0.5, 0.6) is 0 Å². The smallest absolute Gasteiger partial charge is 0.230 e. The summed E-state index contributed by atoms with van der Waals surface area (Å²) >= 11 is 0. The quantitative estimate of drug-likeness (QED) is 0.0399. The molecule has 0 bridgehead atoms. The van der Waals surface area contributed by atoms with Crippen LogP contribution >= 0.6 is 41.6 Å². The number of hydrogen-bond donors (Lipinski definition) is 2. The molecule has 0 aliphatic heterocycles. The zero-order valence-corrected chi connectivity index (χ0v) is 30.9. The third-order valence-corrected chi connectivity index (χ3v) is 13.0. The fourth-order valence-electron chi connectivity index (χ4n) is 5.22. The van der Waals surface area contributed by atoms with E-state index in [1.165, 1.54) is 196 Å². The van der Waals surface area contributed by atoms with Gasteiger partial charge in [-0.2, -0.15) is 0 Å². The maximum Gasteiger partial charge on any atom is 0.230 e. The highest BCUT2D eigenvalue weighted by atomic mass is 33.7. The first kappa shape index (κ1) is 42.3. The summed E-state index contributed by atoms with van der Waals surface area (Å²) in [5.74, 6) is 0.220. The highest BCUT2D eigenvalue weighted by Gasteiger charge is 2.04. The highest BCUT2D eigenvalue weighted by molar-refractivity contribution is 9.25. The van der Waals surface area contributed by atoms with E-state index in [1.54, 1.807) is 0 Å². The molecule has 0 heterocycles. The van der Waals surface area contributed by atoms with Gasteiger partial charge in [-0.15, -0.1) is 0 Å². The first-order valence-corrected chi connectivity index (χ1v) is 22.8. The Labute approximate surface area is 277 Å². The largest absolute Gasteiger partial charge is 0.290 e. The molecule has 0 saturated carbocycles. The van der Waals surface area contributed by atoms with Crippen LogP contribution in [0.25, 0.3) is 0 Å². The molecule has 4 nitrogen and oxygen atoms in total. The molecule has 0 aliphatic rings. The molecular weight excluding hydrogens is 597 g/mol. The fraction of sp³-hybridized carbons (Fsp3) is 0.941. The molecule has 0 aliphatic carbocycles. The van der Waals surface area contributed by atoms with Crippen molar-refractivity contribution in [3.8, 4) is 0 Å². The SMILES string of the molecule is CCCCCCCCCCCCCCCCC(=O)NSSSSNC(=O)CCCCCCCCCCCCCCCC. The molecule has 42 heavy (non-hydrogen) atoms. The second-order valence-corrected chi connectivity index (χ2v) is 17.3. The number of unbranched alkanes of at least 4 members (excludes halogenated alkanes) is 26. The lowest BCUT2D eigenvalue weighted by Gasteiger charge is -2.05. The standard InChI is InChI=1S/C34H68N2O2S4/c1-3-5-7-9-11-13-15-17-19-21-23-25-27-29-31-33(37)35-39-41-42-40-36-34(38)32-30-28-26-24-22-20-18-16-14-12-10-8-6-4-2/h3-32H2,1-2H3,(H,35,37)(H,36,38). The molecule has 0 aromatic heterocycles. The minimum absolute atomic E-state index is 0.110. The van der Waals surface area contributed by atoms with Gasteiger partial charge >= 0.3 is 0 Å². The van der Waals surface area contributed by atoms with Gasteiger partial charge in [-0.1, -0.05) is 181 Å². The predicted octanol–water partition coefficient (Wildman–Crippen LogP) is 13.5. The lowest BCUT2D eigenvalue weighted by Crippen LogP contribution is -2.14. The summed E-state index contributed by atoms with van der Waals surface area (Å²) in [5.41, 5.74) is 0. The summed E-state index contributed by atoms with van der Waals surface area (Å²) in [6.07, 6.45) is 38.5. The molecule has 0 aromatic rings. The van der Waals surface area contributed by atoms with Crippen molar-refractivity contribution in [1.82, 2.24) is 9.44 Å². The molecule has 0 fully saturated rings. The summed E-state index contributed by atoms with van der Waals surface area (Å²) in [5, 5.41) is 0. The molecule has 2 amide bonds. The maximum absolute atomic E-state index is 12.0. The van der Waals surface area contributed by atoms with E-state index in [0.717, 1.165) is 25.7 Å². The van der Waals surface area contributed by atoms with Crippen LogP contribution in [0.2, 0.25) is 0 Å². The summed E-state index contributed by atoms with van der Waals surface area (Å²) in [7, 11) is 5.66. The number of carbonyl (C=O) groups is 2. The van der Waals surface area contributed by atoms with Crippen molar-refractivity contribution in [3.63, 3.8) is 0 Å². The Balaban J connectivity index is 3.25. The zero-order chi connectivity index (χ0) is 30.6. The van der Waals surface area contributed by atoms with Crippen molar-refractivity contribution in [2.45, 2.75) is 206 Å². The van der Waals surface area contributed by atoms with Gasteiger partial charge < -0.3 is 0 Å². The van der Waals surface area contributed by atoms with Gasteiger partial charge in [-0.25, -0.2) is 0 Å². The van der Waals surface area contributed by atoms with Crippen LogP contribution in [-0.4, -0.2) is 11.8 Å². The molecular formula is C34H68N2O2S4. The number of carbonyl (C=O) groups excluding carboxylic acids is 2. The van der Waals surface area contributed by atoms with Crippen LogP contribution < -0.4 is 9.44 Å². The van der Waals surface area contributed by atoms with Crippen LogP contribution in [0.15, 0.2) is 0 Å². The third-order valence-electron chi connectivity index (χ3n) is 7.92. The molecule has 8 heteroatoms. The molecule has 0 radical (unpaired) electrons. The monoisotopic (exact) mass is 664 g/mol. The molecule has 0 atom stereocenters. The zero-order valence-electron chi connectivity index (χ0n) is 27.7. The van der Waals surface area contributed by atoms with Gasteiger partial charge in [0.15, 0.2) is 0 Å². The normalized spacial score (nSPS) is 11.2. The summed E-state index contributed by atoms with van der Waals surface area (Å²) < 4.78 is 5.79. The van der Waals surface area contributed by atoms with E-state index in [4.69, 9.17) is 0 Å². The molecule has 0 rings (SSSR count). The average molecular weight is 665 g/mol. The van der Waals surface area contributed by atoms with Gasteiger partial charge in [0.05, 0.1) is 0 Å². The van der Waals surface area contributed by atoms with E-state index < -0.39 is 0 Å². The van der Waals surface area contributed by atoms with Crippen LogP contribution in [0.4, 0.5) is 0 Å². The summed E-state index contributed by atoms with van der Waals surface area (Å²) in [6, 6.07) is 0. The highest BCUT2D eigenvalue weighted by Crippen LogP contribution is 2.39. The van der Waals surface area contributed by atoms with Gasteiger partial charge in [0.2, 0.25) is 11.8 Å². The second-order valence-electron chi connectivity index (χ2n) is 12.0. The molecule has 2 N–H and O–H groups in total. The van der Waals surface area contributed by atoms with Gasteiger partial charge in [0.25, 0.3) is 0 Å². The van der Waals surface area contributed by atoms with E-state index in [2.05, 4.69) is 23.3 Å². The first-order valence-electron chi connectivity index (χ1n) is 17.9. The summed E-state index contributed by atoms with van der Waals surface area (Å²) in [6.45, 7) is 4.55. The first-order chi connectivity index (χ1) is 20.7. The van der Waals surface area contributed by atoms with E-state index in [9.17, 15) is 9.59 Å². The Hall–Kier alpha value is 0.340. The fourth-order valence-corrected chi connectivity index (χ4v) is 9.27. The summed E-state index contributed by atoms with van der Waals surface area (Å²) in [4.78, 5) is 24.0. The predicted molar refractivity (Wildman–Crippen MR) is 197 cm³/mol. The van der Waals surface area contributed by atoms with Gasteiger partial charge in [0.1, 0.15) is 0 Å². The van der Waals surface area contributed by atoms with E-state index in [0.29, 0.717) is 12.8 Å². The Morgan fingerprint density at radius 1 is 0.357 bits per heavy atom. The van der Waals surface area contributed by atoms with Crippen LogP contribution in [0, 0.1) is 0 Å². The van der Waals surface area contributed by atoms with Crippen LogP contribution in [0.1, 0.15) is 206 Å². The number of hydrogen-bond acceptors (Lipinski definition) is 6. The lowest BCUT2D eigenvalue weighted by atomic mass is 10.0. The molecule has 0 aromatic carbocycles. The van der Waals surface area contributed by atoms with Crippen molar-refractivity contribution in [1.29, 1.82) is 0 Å². The minimum Gasteiger partial charge on any atom is -0.290 e. The van der Waals surface area contributed by atoms with Crippen LogP contribution in [0.3, 0.4) is 0 Å². The maximum atomic E-state index is 12.0. The van der Waals surface area contributed by atoms with Gasteiger partial charge in [-0.3, -0.25) is 19.0 Å². The van der Waals surface area contributed by atoms with Crippen molar-refractivity contribution in [3.05, 3.63) is 0 Å². The van der Waals surface area contributed by atoms with Crippen molar-refractivity contribution in [2.75, 3.05) is 0 Å². The second kappa shape index (κ2) is 37.5. The van der Waals surface area contributed by atoms with Crippen LogP contribution in [-0.2, 0) is 9.59 Å². The lowest BCUT2D eigenvalue weighted by molar-refractivity contribution is -0.120. The van der Waals surface area contributed by atoms with E-state index in [-0.39, 0.29) is 11.8 Å². The molecule has 0 saturated heterocycles. The number of amides is 2. The topological polar surface area (TPSA) is 58.2 Å². The molecule has 250 valence electrons. The number of nitrogens with one attached hydrogen (secondary N) is 2. The Bertz CT molecular complexity index is 522. The Kier molecular flexibility index (Phi) is 37.8. The van der Waals surface area contributed by atoms with E-state index in [1.807, 2.05) is 0 Å². The van der Waals surface area contributed by atoms with Gasteiger partial charge in [-0.05, 0) is 12.8 Å².